The van der Waals surface area contributed by atoms with Crippen LogP contribution in [0.3, 0.4) is 0 Å². The molecule has 2 heterocycles. The summed E-state index contributed by atoms with van der Waals surface area (Å²) < 4.78 is 12.9. The Morgan fingerprint density at radius 1 is 0.893 bits per heavy atom. The van der Waals surface area contributed by atoms with Crippen molar-refractivity contribution in [3.05, 3.63) is 59.1 Å². The van der Waals surface area contributed by atoms with Crippen molar-refractivity contribution in [1.29, 1.82) is 0 Å². The molecule has 0 saturated heterocycles. The lowest BCUT2D eigenvalue weighted by Crippen LogP contribution is -2.44. The molecule has 3 aromatic carbocycles. The Labute approximate surface area is 173 Å². The van der Waals surface area contributed by atoms with Gasteiger partial charge in [0, 0.05) is 28.2 Å². The van der Waals surface area contributed by atoms with E-state index in [2.05, 4.69) is 55.4 Å². The lowest BCUT2D eigenvalue weighted by atomic mass is 10.0. The van der Waals surface area contributed by atoms with Crippen LogP contribution in [0.25, 0.3) is 10.8 Å². The van der Waals surface area contributed by atoms with Gasteiger partial charge in [-0.2, -0.15) is 0 Å². The zero-order chi connectivity index (χ0) is 19.7. The number of benzene rings is 3. The molecule has 0 saturated carbocycles. The SMILES string of the molecule is C[Si]1(C)O[Si](C)(C)c2cc3c4c(ccc3cc21)CN(c1ccc(Cl)cc1)CO4. The van der Waals surface area contributed by atoms with Crippen LogP contribution in [-0.2, 0) is 10.7 Å². The highest BCUT2D eigenvalue weighted by molar-refractivity contribution is 7.06. The van der Waals surface area contributed by atoms with Crippen LogP contribution >= 0.6 is 11.6 Å². The van der Waals surface area contributed by atoms with Crippen LogP contribution in [0.5, 0.6) is 5.75 Å². The second-order valence-electron chi connectivity index (χ2n) is 8.74. The molecule has 0 aliphatic carbocycles. The molecule has 28 heavy (non-hydrogen) atoms. The highest BCUT2D eigenvalue weighted by Crippen LogP contribution is 2.36. The second-order valence-corrected chi connectivity index (χ2v) is 17.1. The summed E-state index contributed by atoms with van der Waals surface area (Å²) in [6.07, 6.45) is 0. The lowest BCUT2D eigenvalue weighted by molar-refractivity contribution is 0.293. The minimum Gasteiger partial charge on any atom is -0.472 e. The zero-order valence-corrected chi connectivity index (χ0v) is 19.4. The normalized spacial score (nSPS) is 19.2. The van der Waals surface area contributed by atoms with E-state index in [4.69, 9.17) is 20.5 Å². The Balaban J connectivity index is 1.59. The van der Waals surface area contributed by atoms with Crippen LogP contribution in [0.1, 0.15) is 5.56 Å². The lowest BCUT2D eigenvalue weighted by Gasteiger charge is -2.31. The molecule has 2 aliphatic rings. The summed E-state index contributed by atoms with van der Waals surface area (Å²) in [5, 5.41) is 6.16. The van der Waals surface area contributed by atoms with Crippen LogP contribution in [0.15, 0.2) is 48.5 Å². The minimum atomic E-state index is -1.85. The number of hydrogen-bond acceptors (Lipinski definition) is 3. The molecule has 6 heteroatoms. The third-order valence-electron chi connectivity index (χ3n) is 5.92. The van der Waals surface area contributed by atoms with Crippen LogP contribution in [-0.4, -0.2) is 23.4 Å². The summed E-state index contributed by atoms with van der Waals surface area (Å²) in [4.78, 5) is 2.23. The summed E-state index contributed by atoms with van der Waals surface area (Å²) in [5.74, 6) is 1.03. The van der Waals surface area contributed by atoms with E-state index in [-0.39, 0.29) is 0 Å². The minimum absolute atomic E-state index is 0.544. The van der Waals surface area contributed by atoms with Crippen LogP contribution in [0.4, 0.5) is 5.69 Å². The van der Waals surface area contributed by atoms with E-state index >= 15 is 0 Å². The van der Waals surface area contributed by atoms with E-state index in [1.54, 1.807) is 0 Å². The molecule has 3 aromatic rings. The Morgan fingerprint density at radius 3 is 2.29 bits per heavy atom. The van der Waals surface area contributed by atoms with Gasteiger partial charge in [-0.3, -0.25) is 0 Å². The number of fused-ring (bicyclic) bond motifs is 4. The molecule has 0 atom stereocenters. The van der Waals surface area contributed by atoms with Gasteiger partial charge in [0.15, 0.2) is 6.73 Å². The molecule has 0 N–H and O–H groups in total. The first-order valence-electron chi connectivity index (χ1n) is 9.69. The molecule has 0 bridgehead atoms. The molecule has 0 radical (unpaired) electrons. The van der Waals surface area contributed by atoms with E-state index in [0.29, 0.717) is 6.73 Å². The van der Waals surface area contributed by atoms with Gasteiger partial charge in [0.2, 0.25) is 16.6 Å². The maximum atomic E-state index is 6.62. The van der Waals surface area contributed by atoms with Gasteiger partial charge < -0.3 is 13.8 Å². The summed E-state index contributed by atoms with van der Waals surface area (Å²) in [7, 11) is -3.65. The van der Waals surface area contributed by atoms with Crippen molar-refractivity contribution in [3.8, 4) is 5.75 Å². The zero-order valence-electron chi connectivity index (χ0n) is 16.7. The van der Waals surface area contributed by atoms with Gasteiger partial charge in [0.05, 0.1) is 0 Å². The van der Waals surface area contributed by atoms with Gasteiger partial charge in [0.1, 0.15) is 5.75 Å². The molecule has 0 amide bonds. The van der Waals surface area contributed by atoms with E-state index in [1.165, 1.54) is 26.7 Å². The van der Waals surface area contributed by atoms with Crippen LogP contribution < -0.4 is 20.0 Å². The van der Waals surface area contributed by atoms with Gasteiger partial charge in [0.25, 0.3) is 0 Å². The molecule has 5 rings (SSSR count). The predicted octanol–water partition coefficient (Wildman–Crippen LogP) is 4.70. The summed E-state index contributed by atoms with van der Waals surface area (Å²) in [5.41, 5.74) is 2.35. The number of rotatable bonds is 1. The highest BCUT2D eigenvalue weighted by atomic mass is 35.5. The maximum Gasteiger partial charge on any atom is 0.206 e. The van der Waals surface area contributed by atoms with Gasteiger partial charge in [-0.25, -0.2) is 0 Å². The standard InChI is InChI=1S/C22H24ClNO2Si2/c1-27(2)20-11-15-5-6-16-13-24(18-9-7-17(23)8-10-18)14-25-22(16)19(15)12-21(20)28(3,4)26-27/h5-12H,13-14H2,1-4H3. The largest absolute Gasteiger partial charge is 0.472 e. The van der Waals surface area contributed by atoms with Crippen molar-refractivity contribution >= 4 is 55.1 Å². The monoisotopic (exact) mass is 425 g/mol. The first-order valence-corrected chi connectivity index (χ1v) is 15.9. The average Bonchev–Trinajstić information content (AvgIpc) is 2.84. The Hall–Kier alpha value is -1.80. The first kappa shape index (κ1) is 18.2. The highest BCUT2D eigenvalue weighted by Gasteiger charge is 2.46. The molecule has 3 nitrogen and oxygen atoms in total. The Morgan fingerprint density at radius 2 is 1.57 bits per heavy atom. The molecule has 144 valence electrons. The van der Waals surface area contributed by atoms with Crippen molar-refractivity contribution in [2.24, 2.45) is 0 Å². The average molecular weight is 426 g/mol. The molecular weight excluding hydrogens is 402 g/mol. The Bertz CT molecular complexity index is 1100. The van der Waals surface area contributed by atoms with Crippen molar-refractivity contribution in [2.75, 3.05) is 11.6 Å². The van der Waals surface area contributed by atoms with E-state index < -0.39 is 16.6 Å². The fourth-order valence-corrected chi connectivity index (χ4v) is 15.0. The van der Waals surface area contributed by atoms with Gasteiger partial charge in [-0.05, 0) is 72.3 Å². The number of hydrogen-bond donors (Lipinski definition) is 0. The molecule has 0 spiro atoms. The number of anilines is 1. The van der Waals surface area contributed by atoms with Gasteiger partial charge >= 0.3 is 0 Å². The van der Waals surface area contributed by atoms with E-state index in [1.807, 2.05) is 24.3 Å². The summed E-state index contributed by atoms with van der Waals surface area (Å²) >= 11 is 6.03. The summed E-state index contributed by atoms with van der Waals surface area (Å²) in [6.45, 7) is 10.6. The quantitative estimate of drug-likeness (QED) is 0.527. The fraction of sp³-hybridized carbons (Fsp3) is 0.273. The van der Waals surface area contributed by atoms with Gasteiger partial charge in [-0.1, -0.05) is 29.8 Å². The maximum absolute atomic E-state index is 6.62. The number of halogens is 1. The van der Waals surface area contributed by atoms with Gasteiger partial charge in [-0.15, -0.1) is 0 Å². The number of nitrogens with zero attached hydrogens (tertiary/aromatic N) is 1. The molecule has 0 aromatic heterocycles. The third-order valence-corrected chi connectivity index (χ3v) is 13.9. The van der Waals surface area contributed by atoms with Crippen LogP contribution in [0.2, 0.25) is 31.2 Å². The molecule has 0 fully saturated rings. The first-order chi connectivity index (χ1) is 13.2. The number of ether oxygens (including phenoxy) is 1. The smallest absolute Gasteiger partial charge is 0.206 e. The van der Waals surface area contributed by atoms with E-state index in [9.17, 15) is 0 Å². The topological polar surface area (TPSA) is 21.7 Å². The second kappa shape index (κ2) is 6.10. The molecular formula is C22H24ClNO2Si2. The van der Waals surface area contributed by atoms with Crippen LogP contribution in [0, 0.1) is 0 Å². The summed E-state index contributed by atoms with van der Waals surface area (Å²) in [6, 6.07) is 17.1. The Kier molecular flexibility index (Phi) is 3.97. The van der Waals surface area contributed by atoms with Crippen molar-refractivity contribution in [2.45, 2.75) is 32.7 Å². The van der Waals surface area contributed by atoms with Crippen molar-refractivity contribution in [3.63, 3.8) is 0 Å². The molecule has 0 unspecified atom stereocenters. The van der Waals surface area contributed by atoms with Crippen molar-refractivity contribution in [1.82, 2.24) is 0 Å². The fourth-order valence-electron chi connectivity index (χ4n) is 4.64. The van der Waals surface area contributed by atoms with Crippen molar-refractivity contribution < 1.29 is 8.85 Å². The van der Waals surface area contributed by atoms with E-state index in [0.717, 1.165) is 23.0 Å². The third kappa shape index (κ3) is 2.80. The predicted molar refractivity (Wildman–Crippen MR) is 122 cm³/mol. The molecule has 2 aliphatic heterocycles.